The number of aliphatic hydroxyl groups is 3. The molecule has 4 heterocycles. The molecule has 1 fully saturated rings. The van der Waals surface area contributed by atoms with Crippen LogP contribution in [0.5, 0.6) is 0 Å². The third-order valence-corrected chi connectivity index (χ3v) is 5.21. The molecule has 1 saturated heterocycles. The number of hydrogen-bond donors (Lipinski definition) is 4. The molecule has 0 unspecified atom stereocenters. The number of amidine groups is 1. The molecule has 2 aromatic heterocycles. The number of aliphatic hydroxyl groups excluding tert-OH is 3. The minimum atomic E-state index is -1.26. The van der Waals surface area contributed by atoms with Crippen molar-refractivity contribution in [3.05, 3.63) is 18.1 Å². The van der Waals surface area contributed by atoms with Gasteiger partial charge in [0.05, 0.1) is 17.6 Å². The number of hydrogen-bond acceptors (Lipinski definition) is 9. The normalized spacial score (nSPS) is 26.1. The molecule has 0 aliphatic carbocycles. The summed E-state index contributed by atoms with van der Waals surface area (Å²) in [7, 11) is 1.71. The van der Waals surface area contributed by atoms with Gasteiger partial charge in [-0.1, -0.05) is 13.3 Å². The van der Waals surface area contributed by atoms with Crippen molar-refractivity contribution in [1.29, 1.82) is 0 Å². The Morgan fingerprint density at radius 1 is 1.31 bits per heavy atom. The zero-order valence-electron chi connectivity index (χ0n) is 16.2. The molecule has 2 aromatic rings. The fraction of sp³-hybridized carbons (Fsp3) is 0.556. The molecule has 0 aromatic carbocycles. The van der Waals surface area contributed by atoms with E-state index in [1.54, 1.807) is 22.8 Å². The first kappa shape index (κ1) is 19.7. The van der Waals surface area contributed by atoms with Crippen molar-refractivity contribution in [2.24, 2.45) is 5.10 Å². The summed E-state index contributed by atoms with van der Waals surface area (Å²) in [6.45, 7) is 1.58. The summed E-state index contributed by atoms with van der Waals surface area (Å²) < 4.78 is 7.23. The van der Waals surface area contributed by atoms with Crippen LogP contribution in [0, 0.1) is 0 Å². The Hall–Kier alpha value is -2.60. The minimum absolute atomic E-state index is 0.145. The zero-order chi connectivity index (χ0) is 20.7. The van der Waals surface area contributed by atoms with Crippen LogP contribution in [0.4, 0.5) is 5.82 Å². The number of unbranched alkanes of at least 4 members (excludes halogenated alkanes) is 1. The van der Waals surface area contributed by atoms with E-state index in [0.29, 0.717) is 34.7 Å². The molecular weight excluding hydrogens is 380 g/mol. The number of aromatic nitrogens is 3. The van der Waals surface area contributed by atoms with Crippen LogP contribution in [-0.4, -0.2) is 73.6 Å². The van der Waals surface area contributed by atoms with Crippen molar-refractivity contribution >= 4 is 28.6 Å². The van der Waals surface area contributed by atoms with Gasteiger partial charge in [-0.2, -0.15) is 5.10 Å². The van der Waals surface area contributed by atoms with Gasteiger partial charge in [0.2, 0.25) is 5.91 Å². The van der Waals surface area contributed by atoms with Crippen LogP contribution in [0.3, 0.4) is 0 Å². The fourth-order valence-electron chi connectivity index (χ4n) is 3.67. The van der Waals surface area contributed by atoms with Gasteiger partial charge >= 0.3 is 0 Å². The lowest BCUT2D eigenvalue weighted by Gasteiger charge is -2.21. The Morgan fingerprint density at radius 3 is 2.79 bits per heavy atom. The Labute approximate surface area is 166 Å². The number of nitrogens with one attached hydrogen (secondary N) is 1. The number of nitrogens with zero attached hydrogens (tertiary/aromatic N) is 5. The number of amides is 1. The first-order valence-electron chi connectivity index (χ1n) is 9.56. The Morgan fingerprint density at radius 2 is 2.10 bits per heavy atom. The molecule has 1 amide bonds. The second-order valence-corrected chi connectivity index (χ2v) is 7.20. The number of hydrazone groups is 1. The molecule has 29 heavy (non-hydrogen) atoms. The van der Waals surface area contributed by atoms with Gasteiger partial charge in [0.25, 0.3) is 0 Å². The molecule has 0 bridgehead atoms. The molecule has 4 N–H and O–H groups in total. The highest BCUT2D eigenvalue weighted by Gasteiger charge is 2.44. The van der Waals surface area contributed by atoms with E-state index in [9.17, 15) is 20.1 Å². The molecule has 0 spiro atoms. The van der Waals surface area contributed by atoms with Gasteiger partial charge in [0.1, 0.15) is 30.3 Å². The van der Waals surface area contributed by atoms with Crippen LogP contribution in [0.1, 0.15) is 38.0 Å². The summed E-state index contributed by atoms with van der Waals surface area (Å²) in [4.78, 5) is 20.9. The van der Waals surface area contributed by atoms with Crippen molar-refractivity contribution in [1.82, 2.24) is 19.9 Å². The smallest absolute Gasteiger partial charge is 0.225 e. The van der Waals surface area contributed by atoms with Crippen LogP contribution >= 0.6 is 0 Å². The van der Waals surface area contributed by atoms with Crippen LogP contribution < -0.4 is 10.3 Å². The summed E-state index contributed by atoms with van der Waals surface area (Å²) in [6.07, 6.45) is 0.736. The highest BCUT2D eigenvalue weighted by atomic mass is 16.6. The molecule has 2 aliphatic heterocycles. The van der Waals surface area contributed by atoms with E-state index in [0.717, 1.165) is 12.8 Å². The van der Waals surface area contributed by atoms with E-state index in [1.165, 1.54) is 6.33 Å². The van der Waals surface area contributed by atoms with Crippen molar-refractivity contribution in [3.8, 4) is 0 Å². The molecule has 11 nitrogen and oxygen atoms in total. The maximum Gasteiger partial charge on any atom is 0.225 e. The van der Waals surface area contributed by atoms with E-state index >= 15 is 0 Å². The average Bonchev–Trinajstić information content (AvgIpc) is 3.23. The van der Waals surface area contributed by atoms with Crippen LogP contribution in [0.25, 0.3) is 11.0 Å². The van der Waals surface area contributed by atoms with Gasteiger partial charge in [0, 0.05) is 19.7 Å². The van der Waals surface area contributed by atoms with Crippen molar-refractivity contribution in [3.63, 3.8) is 0 Å². The van der Waals surface area contributed by atoms with Crippen molar-refractivity contribution in [2.45, 2.75) is 50.7 Å². The second-order valence-electron chi connectivity index (χ2n) is 7.20. The molecular formula is C18H24N6O5. The Balaban J connectivity index is 1.76. The summed E-state index contributed by atoms with van der Waals surface area (Å²) in [6, 6.07) is 0. The maximum atomic E-state index is 12.3. The first-order valence-corrected chi connectivity index (χ1v) is 9.56. The van der Waals surface area contributed by atoms with E-state index in [4.69, 9.17) is 4.74 Å². The van der Waals surface area contributed by atoms with Gasteiger partial charge in [-0.05, 0) is 6.42 Å². The summed E-state index contributed by atoms with van der Waals surface area (Å²) in [5.74, 6) is 0.751. The lowest BCUT2D eigenvalue weighted by Crippen LogP contribution is -2.35. The summed E-state index contributed by atoms with van der Waals surface area (Å²) >= 11 is 0. The number of ether oxygens (including phenoxy) is 1. The SMILES string of the molecule is CCCCC(=O)NC1=NN(C)c2ncnc3c2c1cn3[C@@H]1O[C@H](CO)[C@@H](O)[C@H]1O. The topological polar surface area (TPSA) is 145 Å². The molecule has 11 heteroatoms. The lowest BCUT2D eigenvalue weighted by molar-refractivity contribution is -0.119. The van der Waals surface area contributed by atoms with Crippen LogP contribution in [0.15, 0.2) is 17.6 Å². The largest absolute Gasteiger partial charge is 0.394 e. The predicted molar refractivity (Wildman–Crippen MR) is 103 cm³/mol. The molecule has 2 aliphatic rings. The zero-order valence-corrected chi connectivity index (χ0v) is 16.2. The first-order chi connectivity index (χ1) is 14.0. The van der Waals surface area contributed by atoms with E-state index in [1.807, 2.05) is 6.92 Å². The molecule has 0 saturated carbocycles. The number of rotatable bonds is 5. The second kappa shape index (κ2) is 7.67. The van der Waals surface area contributed by atoms with Gasteiger partial charge in [-0.3, -0.25) is 4.79 Å². The summed E-state index contributed by atoms with van der Waals surface area (Å²) in [5, 5.41) is 39.4. The van der Waals surface area contributed by atoms with Gasteiger partial charge < -0.3 is 29.9 Å². The third-order valence-electron chi connectivity index (χ3n) is 5.21. The maximum absolute atomic E-state index is 12.3. The molecule has 0 radical (unpaired) electrons. The highest BCUT2D eigenvalue weighted by molar-refractivity contribution is 6.18. The Kier molecular flexibility index (Phi) is 5.21. The minimum Gasteiger partial charge on any atom is -0.394 e. The van der Waals surface area contributed by atoms with E-state index in [2.05, 4.69) is 20.4 Å². The standard InChI is InChI=1S/C18H24N6O5/c1-3-4-5-11(26)21-15-9-6-24(18-14(28)13(27)10(7-25)29-18)17-12(9)16(19-8-20-17)23(2)22-15/h6,8,10,13-14,18,25,27-28H,3-5,7H2,1-2H3,(H,21,22,26)/t10-,13-,14-,18-/m1/s1. The van der Waals surface area contributed by atoms with E-state index in [-0.39, 0.29) is 5.91 Å². The van der Waals surface area contributed by atoms with Crippen molar-refractivity contribution in [2.75, 3.05) is 18.7 Å². The quantitative estimate of drug-likeness (QED) is 0.520. The predicted octanol–water partition coefficient (Wildman–Crippen LogP) is -0.539. The number of carbonyl (C=O) groups is 1. The molecule has 4 atom stereocenters. The molecule has 156 valence electrons. The van der Waals surface area contributed by atoms with Crippen LogP contribution in [-0.2, 0) is 9.53 Å². The molecule has 4 rings (SSSR count). The fourth-order valence-corrected chi connectivity index (χ4v) is 3.67. The number of carbonyl (C=O) groups excluding carboxylic acids is 1. The van der Waals surface area contributed by atoms with Gasteiger partial charge in [-0.25, -0.2) is 15.0 Å². The highest BCUT2D eigenvalue weighted by Crippen LogP contribution is 2.37. The van der Waals surface area contributed by atoms with E-state index < -0.39 is 31.1 Å². The van der Waals surface area contributed by atoms with Crippen molar-refractivity contribution < 1.29 is 24.9 Å². The number of anilines is 1. The van der Waals surface area contributed by atoms with Gasteiger partial charge in [-0.15, -0.1) is 0 Å². The Bertz CT molecular complexity index is 960. The lowest BCUT2D eigenvalue weighted by atomic mass is 10.1. The monoisotopic (exact) mass is 404 g/mol. The summed E-state index contributed by atoms with van der Waals surface area (Å²) in [5.41, 5.74) is 1.05. The van der Waals surface area contributed by atoms with Crippen LogP contribution in [0.2, 0.25) is 0 Å². The third kappa shape index (κ3) is 3.25. The average molecular weight is 404 g/mol. The van der Waals surface area contributed by atoms with Gasteiger partial charge in [0.15, 0.2) is 17.9 Å².